The van der Waals surface area contributed by atoms with Gasteiger partial charge >= 0.3 is 0 Å². The monoisotopic (exact) mass is 264 g/mol. The number of allylic oxidation sites excluding steroid dienone is 1. The molecule has 2 heteroatoms. The van der Waals surface area contributed by atoms with Crippen LogP contribution in [0.15, 0.2) is 29.8 Å². The molecule has 18 heavy (non-hydrogen) atoms. The van der Waals surface area contributed by atoms with Crippen LogP contribution in [0.25, 0.3) is 0 Å². The Labute approximate surface area is 114 Å². The van der Waals surface area contributed by atoms with Crippen LogP contribution in [-0.2, 0) is 0 Å². The maximum atomic E-state index is 10.5. The molecule has 1 aromatic rings. The second kappa shape index (κ2) is 6.40. The van der Waals surface area contributed by atoms with Crippen LogP contribution in [0.3, 0.4) is 0 Å². The molecule has 1 aliphatic rings. The summed E-state index contributed by atoms with van der Waals surface area (Å²) in [4.78, 5) is 0. The molecule has 2 rings (SSSR count). The maximum Gasteiger partial charge on any atom is 0.100 e. The van der Waals surface area contributed by atoms with Gasteiger partial charge in [-0.25, -0.2) is 0 Å². The Balaban J connectivity index is 2.20. The Kier molecular flexibility index (Phi) is 4.85. The van der Waals surface area contributed by atoms with E-state index in [-0.39, 0.29) is 0 Å². The van der Waals surface area contributed by atoms with Gasteiger partial charge in [-0.2, -0.15) is 0 Å². The van der Waals surface area contributed by atoms with Crippen molar-refractivity contribution in [1.82, 2.24) is 0 Å². The van der Waals surface area contributed by atoms with E-state index < -0.39 is 6.10 Å². The molecule has 0 amide bonds. The first kappa shape index (κ1) is 13.6. The SMILES string of the molecule is Cc1cc(Cl)cc(C(O)/C2=C/CCCCCC2)c1. The van der Waals surface area contributed by atoms with E-state index in [4.69, 9.17) is 11.6 Å². The lowest BCUT2D eigenvalue weighted by atomic mass is 9.92. The maximum absolute atomic E-state index is 10.5. The second-order valence-corrected chi connectivity index (χ2v) is 5.63. The standard InChI is InChI=1S/C16H21ClO/c1-12-9-14(11-15(17)10-12)16(18)13-7-5-3-2-4-6-8-13/h7,9-11,16,18H,2-6,8H2,1H3/b13-7+. The van der Waals surface area contributed by atoms with E-state index in [1.807, 2.05) is 25.1 Å². The van der Waals surface area contributed by atoms with Crippen LogP contribution in [0.5, 0.6) is 0 Å². The van der Waals surface area contributed by atoms with E-state index in [9.17, 15) is 5.11 Å². The number of hydrogen-bond donors (Lipinski definition) is 1. The number of halogens is 1. The normalized spacial score (nSPS) is 21.6. The molecule has 0 spiro atoms. The second-order valence-electron chi connectivity index (χ2n) is 5.20. The largest absolute Gasteiger partial charge is 0.384 e. The molecule has 1 nitrogen and oxygen atoms in total. The van der Waals surface area contributed by atoms with Crippen molar-refractivity contribution < 1.29 is 5.11 Å². The van der Waals surface area contributed by atoms with Gasteiger partial charge in [0.15, 0.2) is 0 Å². The van der Waals surface area contributed by atoms with Crippen molar-refractivity contribution in [3.8, 4) is 0 Å². The van der Waals surface area contributed by atoms with Gasteiger partial charge in [0.1, 0.15) is 6.10 Å². The van der Waals surface area contributed by atoms with Crippen LogP contribution in [0.1, 0.15) is 55.8 Å². The van der Waals surface area contributed by atoms with Crippen LogP contribution < -0.4 is 0 Å². The highest BCUT2D eigenvalue weighted by Gasteiger charge is 2.15. The molecule has 1 N–H and O–H groups in total. The molecule has 0 radical (unpaired) electrons. The molecule has 1 aliphatic carbocycles. The lowest BCUT2D eigenvalue weighted by Gasteiger charge is -2.18. The molecule has 0 aliphatic heterocycles. The number of rotatable bonds is 2. The van der Waals surface area contributed by atoms with Gasteiger partial charge in [-0.05, 0) is 61.4 Å². The average Bonchev–Trinajstić information content (AvgIpc) is 2.26. The van der Waals surface area contributed by atoms with E-state index in [1.54, 1.807) is 0 Å². The minimum Gasteiger partial charge on any atom is -0.384 e. The van der Waals surface area contributed by atoms with Gasteiger partial charge in [0.05, 0.1) is 0 Å². The van der Waals surface area contributed by atoms with Gasteiger partial charge in [-0.3, -0.25) is 0 Å². The molecule has 0 saturated carbocycles. The predicted octanol–water partition coefficient (Wildman–Crippen LogP) is 4.96. The van der Waals surface area contributed by atoms with Gasteiger partial charge < -0.3 is 5.11 Å². The van der Waals surface area contributed by atoms with Crippen molar-refractivity contribution in [2.24, 2.45) is 0 Å². The van der Waals surface area contributed by atoms with E-state index in [2.05, 4.69) is 6.08 Å². The topological polar surface area (TPSA) is 20.2 Å². The van der Waals surface area contributed by atoms with E-state index in [0.717, 1.165) is 29.5 Å². The van der Waals surface area contributed by atoms with Crippen molar-refractivity contribution in [3.05, 3.63) is 46.0 Å². The summed E-state index contributed by atoms with van der Waals surface area (Å²) >= 11 is 6.06. The minimum atomic E-state index is -0.486. The van der Waals surface area contributed by atoms with Crippen molar-refractivity contribution in [2.75, 3.05) is 0 Å². The number of aliphatic hydroxyl groups is 1. The fraction of sp³-hybridized carbons (Fsp3) is 0.500. The lowest BCUT2D eigenvalue weighted by molar-refractivity contribution is 0.209. The first-order valence-electron chi connectivity index (χ1n) is 6.81. The van der Waals surface area contributed by atoms with Crippen molar-refractivity contribution in [3.63, 3.8) is 0 Å². The van der Waals surface area contributed by atoms with Crippen molar-refractivity contribution in [1.29, 1.82) is 0 Å². The molecule has 1 aromatic carbocycles. The van der Waals surface area contributed by atoms with Crippen molar-refractivity contribution >= 4 is 11.6 Å². The van der Waals surface area contributed by atoms with Crippen LogP contribution in [0.4, 0.5) is 0 Å². The fourth-order valence-corrected chi connectivity index (χ4v) is 2.90. The highest BCUT2D eigenvalue weighted by atomic mass is 35.5. The summed E-state index contributed by atoms with van der Waals surface area (Å²) in [5.41, 5.74) is 3.19. The first-order chi connectivity index (χ1) is 8.66. The fourth-order valence-electron chi connectivity index (χ4n) is 2.60. The summed E-state index contributed by atoms with van der Waals surface area (Å²) in [5, 5.41) is 11.2. The van der Waals surface area contributed by atoms with E-state index in [0.29, 0.717) is 5.02 Å². The first-order valence-corrected chi connectivity index (χ1v) is 7.19. The Morgan fingerprint density at radius 1 is 1.11 bits per heavy atom. The molecule has 98 valence electrons. The van der Waals surface area contributed by atoms with Gasteiger partial charge in [0.2, 0.25) is 0 Å². The molecule has 1 unspecified atom stereocenters. The Morgan fingerprint density at radius 3 is 2.67 bits per heavy atom. The van der Waals surface area contributed by atoms with Crippen molar-refractivity contribution in [2.45, 2.75) is 51.6 Å². The molecule has 0 fully saturated rings. The summed E-state index contributed by atoms with van der Waals surface area (Å²) in [6.07, 6.45) is 8.85. The average molecular weight is 265 g/mol. The molecular formula is C16H21ClO. The lowest BCUT2D eigenvalue weighted by Crippen LogP contribution is -2.04. The molecule has 1 atom stereocenters. The zero-order valence-electron chi connectivity index (χ0n) is 11.0. The summed E-state index contributed by atoms with van der Waals surface area (Å²) < 4.78 is 0. The summed E-state index contributed by atoms with van der Waals surface area (Å²) in [6.45, 7) is 2.01. The third kappa shape index (κ3) is 3.60. The smallest absolute Gasteiger partial charge is 0.100 e. The highest BCUT2D eigenvalue weighted by molar-refractivity contribution is 6.30. The Bertz CT molecular complexity index is 416. The Hall–Kier alpha value is -0.790. The minimum absolute atomic E-state index is 0.486. The van der Waals surface area contributed by atoms with Gasteiger partial charge in [0.25, 0.3) is 0 Å². The molecule has 0 heterocycles. The summed E-state index contributed by atoms with van der Waals surface area (Å²) in [7, 11) is 0. The number of hydrogen-bond acceptors (Lipinski definition) is 1. The van der Waals surface area contributed by atoms with E-state index >= 15 is 0 Å². The number of benzene rings is 1. The van der Waals surface area contributed by atoms with Gasteiger partial charge in [-0.15, -0.1) is 0 Å². The number of aliphatic hydroxyl groups excluding tert-OH is 1. The van der Waals surface area contributed by atoms with Crippen LogP contribution in [0.2, 0.25) is 5.02 Å². The highest BCUT2D eigenvalue weighted by Crippen LogP contribution is 2.30. The number of aryl methyl sites for hydroxylation is 1. The summed E-state index contributed by atoms with van der Waals surface area (Å²) in [6, 6.07) is 5.82. The Morgan fingerprint density at radius 2 is 1.89 bits per heavy atom. The summed E-state index contributed by atoms with van der Waals surface area (Å²) in [5.74, 6) is 0. The molecule has 0 bridgehead atoms. The predicted molar refractivity (Wildman–Crippen MR) is 76.9 cm³/mol. The van der Waals surface area contributed by atoms with Gasteiger partial charge in [-0.1, -0.05) is 36.6 Å². The molecule has 0 saturated heterocycles. The van der Waals surface area contributed by atoms with Crippen LogP contribution in [0, 0.1) is 6.92 Å². The third-order valence-corrected chi connectivity index (χ3v) is 3.78. The third-order valence-electron chi connectivity index (χ3n) is 3.56. The van der Waals surface area contributed by atoms with Crippen LogP contribution in [-0.4, -0.2) is 5.11 Å². The molecule has 0 aromatic heterocycles. The zero-order chi connectivity index (χ0) is 13.0. The van der Waals surface area contributed by atoms with Crippen LogP contribution >= 0.6 is 11.6 Å². The molecular weight excluding hydrogens is 244 g/mol. The quantitative estimate of drug-likeness (QED) is 0.749. The zero-order valence-corrected chi connectivity index (χ0v) is 11.7. The van der Waals surface area contributed by atoms with E-state index in [1.165, 1.54) is 25.7 Å². The van der Waals surface area contributed by atoms with Gasteiger partial charge in [0, 0.05) is 5.02 Å².